The van der Waals surface area contributed by atoms with Gasteiger partial charge in [0.25, 0.3) is 12.3 Å². The molecule has 0 aliphatic rings. The molecule has 0 aromatic carbocycles. The Morgan fingerprint density at radius 2 is 2.04 bits per heavy atom. The van der Waals surface area contributed by atoms with Crippen molar-refractivity contribution in [3.63, 3.8) is 0 Å². The van der Waals surface area contributed by atoms with Crippen molar-refractivity contribution < 1.29 is 13.6 Å². The number of aromatic nitrogens is 1. The molecule has 5 N–H and O–H groups in total. The summed E-state index contributed by atoms with van der Waals surface area (Å²) in [6.45, 7) is 4.27. The summed E-state index contributed by atoms with van der Waals surface area (Å²) in [6, 6.07) is 4.50. The maximum atomic E-state index is 12.8. The van der Waals surface area contributed by atoms with Crippen molar-refractivity contribution in [3.8, 4) is 0 Å². The number of hydrogen-bond donors (Lipinski definition) is 5. The predicted octanol–water partition coefficient (Wildman–Crippen LogP) is 2.05. The Labute approximate surface area is 149 Å². The molecule has 0 unspecified atom stereocenters. The van der Waals surface area contributed by atoms with E-state index in [-0.39, 0.29) is 17.3 Å². The predicted molar refractivity (Wildman–Crippen MR) is 96.3 cm³/mol. The highest BCUT2D eigenvalue weighted by atomic mass is 19.3. The van der Waals surface area contributed by atoms with E-state index in [9.17, 15) is 13.6 Å². The van der Waals surface area contributed by atoms with Gasteiger partial charge in [-0.05, 0) is 26.0 Å². The molecule has 0 atom stereocenters. The van der Waals surface area contributed by atoms with Crippen LogP contribution in [0.15, 0.2) is 30.0 Å². The van der Waals surface area contributed by atoms with E-state index in [0.29, 0.717) is 13.1 Å². The van der Waals surface area contributed by atoms with Gasteiger partial charge in [-0.1, -0.05) is 6.07 Å². The molecule has 0 bridgehead atoms. The standard InChI is InChI=1S/C16H21F2N7O/c1-3-22-8-10(13(20)14(17)18)16(26)24-12-7-5-6-11(23-12)15(21)25(4-2)9-19/h5-9,14,19-22H,3-4H2,1-2H3,(H,23,24,26)/b10-8+,19-9?,20-13?,21-15?. The Balaban J connectivity index is 3.04. The minimum atomic E-state index is -3.09. The fourth-order valence-electron chi connectivity index (χ4n) is 1.87. The summed E-state index contributed by atoms with van der Waals surface area (Å²) >= 11 is 0. The first-order valence-electron chi connectivity index (χ1n) is 7.80. The first-order valence-corrected chi connectivity index (χ1v) is 7.80. The first-order chi connectivity index (χ1) is 12.3. The molecule has 0 radical (unpaired) electrons. The highest BCUT2D eigenvalue weighted by Crippen LogP contribution is 2.11. The third-order valence-corrected chi connectivity index (χ3v) is 3.22. The smallest absolute Gasteiger partial charge is 0.280 e. The number of nitrogens with one attached hydrogen (secondary N) is 5. The molecule has 0 saturated heterocycles. The van der Waals surface area contributed by atoms with Crippen LogP contribution in [0, 0.1) is 16.2 Å². The zero-order valence-corrected chi connectivity index (χ0v) is 14.4. The molecule has 1 amide bonds. The van der Waals surface area contributed by atoms with E-state index in [0.717, 1.165) is 12.5 Å². The largest absolute Gasteiger partial charge is 0.390 e. The lowest BCUT2D eigenvalue weighted by Gasteiger charge is -2.17. The molecule has 0 aliphatic carbocycles. The number of pyridine rings is 1. The third-order valence-electron chi connectivity index (χ3n) is 3.22. The zero-order valence-electron chi connectivity index (χ0n) is 14.4. The van der Waals surface area contributed by atoms with Crippen LogP contribution in [0.5, 0.6) is 0 Å². The molecule has 1 aromatic heterocycles. The average Bonchev–Trinajstić information content (AvgIpc) is 2.62. The Bertz CT molecular complexity index is 718. The van der Waals surface area contributed by atoms with Crippen molar-refractivity contribution in [1.29, 1.82) is 16.2 Å². The number of amidine groups is 1. The minimum absolute atomic E-state index is 0.0395. The van der Waals surface area contributed by atoms with Gasteiger partial charge in [-0.3, -0.25) is 21.0 Å². The minimum Gasteiger partial charge on any atom is -0.390 e. The van der Waals surface area contributed by atoms with Gasteiger partial charge in [-0.2, -0.15) is 0 Å². The number of carbonyl (C=O) groups excluding carboxylic acids is 1. The first kappa shape index (κ1) is 20.9. The molecule has 0 spiro atoms. The second kappa shape index (κ2) is 9.97. The highest BCUT2D eigenvalue weighted by molar-refractivity contribution is 6.25. The molecular formula is C16H21F2N7O. The Kier molecular flexibility index (Phi) is 8.00. The van der Waals surface area contributed by atoms with Crippen LogP contribution in [-0.2, 0) is 4.79 Å². The van der Waals surface area contributed by atoms with Crippen LogP contribution in [-0.4, -0.2) is 53.2 Å². The maximum absolute atomic E-state index is 12.8. The van der Waals surface area contributed by atoms with Crippen LogP contribution in [0.1, 0.15) is 19.5 Å². The molecule has 1 rings (SSSR count). The molecule has 10 heteroatoms. The number of halogens is 2. The van der Waals surface area contributed by atoms with Crippen LogP contribution in [0.4, 0.5) is 14.6 Å². The van der Waals surface area contributed by atoms with Gasteiger partial charge in [0.15, 0.2) is 5.84 Å². The van der Waals surface area contributed by atoms with E-state index in [2.05, 4.69) is 15.6 Å². The van der Waals surface area contributed by atoms with Crippen LogP contribution in [0.2, 0.25) is 0 Å². The Morgan fingerprint density at radius 3 is 2.58 bits per heavy atom. The van der Waals surface area contributed by atoms with Gasteiger partial charge in [-0.15, -0.1) is 0 Å². The Hall–Kier alpha value is -3.17. The van der Waals surface area contributed by atoms with E-state index < -0.39 is 23.6 Å². The SMILES string of the molecule is CCN/C=C(\C(=N)C(F)F)C(=O)Nc1cccc(C(=N)N(C=N)CC)n1. The van der Waals surface area contributed by atoms with Gasteiger partial charge in [0.05, 0.1) is 11.9 Å². The quantitative estimate of drug-likeness (QED) is 0.260. The van der Waals surface area contributed by atoms with E-state index in [1.165, 1.54) is 23.1 Å². The second-order valence-corrected chi connectivity index (χ2v) is 4.96. The van der Waals surface area contributed by atoms with Gasteiger partial charge >= 0.3 is 0 Å². The monoisotopic (exact) mass is 365 g/mol. The number of carbonyl (C=O) groups is 1. The van der Waals surface area contributed by atoms with Crippen molar-refractivity contribution in [2.24, 2.45) is 0 Å². The molecular weight excluding hydrogens is 344 g/mol. The number of nitrogens with zero attached hydrogens (tertiary/aromatic N) is 2. The Morgan fingerprint density at radius 1 is 1.35 bits per heavy atom. The van der Waals surface area contributed by atoms with Crippen molar-refractivity contribution in [1.82, 2.24) is 15.2 Å². The molecule has 0 fully saturated rings. The average molecular weight is 365 g/mol. The van der Waals surface area contributed by atoms with Crippen LogP contribution >= 0.6 is 0 Å². The van der Waals surface area contributed by atoms with Crippen molar-refractivity contribution >= 4 is 29.6 Å². The van der Waals surface area contributed by atoms with Crippen LogP contribution in [0.25, 0.3) is 0 Å². The molecule has 1 aromatic rings. The van der Waals surface area contributed by atoms with Crippen LogP contribution in [0.3, 0.4) is 0 Å². The molecule has 1 heterocycles. The summed E-state index contributed by atoms with van der Waals surface area (Å²) in [4.78, 5) is 17.7. The van der Waals surface area contributed by atoms with E-state index in [1.807, 2.05) is 0 Å². The topological polar surface area (TPSA) is 129 Å². The lowest BCUT2D eigenvalue weighted by Crippen LogP contribution is -2.30. The highest BCUT2D eigenvalue weighted by Gasteiger charge is 2.23. The summed E-state index contributed by atoms with van der Waals surface area (Å²) in [7, 11) is 0. The van der Waals surface area contributed by atoms with E-state index >= 15 is 0 Å². The zero-order chi connectivity index (χ0) is 19.7. The molecule has 26 heavy (non-hydrogen) atoms. The fraction of sp³-hybridized carbons (Fsp3) is 0.312. The summed E-state index contributed by atoms with van der Waals surface area (Å²) in [6.07, 6.45) is -1.05. The summed E-state index contributed by atoms with van der Waals surface area (Å²) in [5.74, 6) is -0.906. The van der Waals surface area contributed by atoms with Gasteiger partial charge in [0, 0.05) is 19.3 Å². The van der Waals surface area contributed by atoms with Crippen molar-refractivity contribution in [3.05, 3.63) is 35.7 Å². The molecule has 140 valence electrons. The van der Waals surface area contributed by atoms with Crippen molar-refractivity contribution in [2.75, 3.05) is 18.4 Å². The summed E-state index contributed by atoms with van der Waals surface area (Å²) in [5, 5.41) is 27.6. The number of amides is 1. The molecule has 0 saturated carbocycles. The van der Waals surface area contributed by atoms with E-state index in [1.54, 1.807) is 13.8 Å². The normalized spacial score (nSPS) is 11.0. The van der Waals surface area contributed by atoms with Gasteiger partial charge in [0.2, 0.25) is 0 Å². The summed E-state index contributed by atoms with van der Waals surface area (Å²) in [5.41, 5.74) is -1.40. The number of rotatable bonds is 9. The fourth-order valence-corrected chi connectivity index (χ4v) is 1.87. The summed E-state index contributed by atoms with van der Waals surface area (Å²) < 4.78 is 25.6. The lowest BCUT2D eigenvalue weighted by atomic mass is 10.1. The third kappa shape index (κ3) is 5.43. The number of hydrogen-bond acceptors (Lipinski definition) is 6. The molecule has 0 aliphatic heterocycles. The van der Waals surface area contributed by atoms with E-state index in [4.69, 9.17) is 16.2 Å². The number of anilines is 1. The van der Waals surface area contributed by atoms with Gasteiger partial charge in [-0.25, -0.2) is 13.8 Å². The van der Waals surface area contributed by atoms with Gasteiger partial charge < -0.3 is 15.5 Å². The van der Waals surface area contributed by atoms with Crippen LogP contribution < -0.4 is 10.6 Å². The molecule has 8 nitrogen and oxygen atoms in total. The maximum Gasteiger partial charge on any atom is 0.280 e. The second-order valence-electron chi connectivity index (χ2n) is 4.96. The lowest BCUT2D eigenvalue weighted by molar-refractivity contribution is -0.112. The van der Waals surface area contributed by atoms with Crippen molar-refractivity contribution in [2.45, 2.75) is 20.3 Å². The van der Waals surface area contributed by atoms with Gasteiger partial charge in [0.1, 0.15) is 17.2 Å². The number of alkyl halides is 2.